The molecule has 6 heteroatoms. The van der Waals surface area contributed by atoms with E-state index < -0.39 is 17.8 Å². The lowest BCUT2D eigenvalue weighted by Crippen LogP contribution is -2.08. The van der Waals surface area contributed by atoms with E-state index in [-0.39, 0.29) is 12.0 Å². The summed E-state index contributed by atoms with van der Waals surface area (Å²) in [5.74, 6) is 0.437. The quantitative estimate of drug-likeness (QED) is 0.940. The Hall–Kier alpha value is -2.08. The summed E-state index contributed by atoms with van der Waals surface area (Å²) in [5.41, 5.74) is 0.160. The molecule has 2 rings (SSSR count). The number of alkyl halides is 3. The number of rotatable bonds is 4. The second kappa shape index (κ2) is 6.13. The molecule has 1 N–H and O–H groups in total. The molecule has 1 heterocycles. The number of ether oxygens (including phenoxy) is 1. The van der Waals surface area contributed by atoms with Crippen LogP contribution in [0.2, 0.25) is 0 Å². The molecule has 0 radical (unpaired) electrons. The summed E-state index contributed by atoms with van der Waals surface area (Å²) in [5, 5.41) is 10.1. The van der Waals surface area contributed by atoms with Crippen molar-refractivity contribution in [2.24, 2.45) is 0 Å². The molecule has 0 saturated heterocycles. The molecule has 0 saturated carbocycles. The molecular formula is C15H14F3NO2. The van der Waals surface area contributed by atoms with E-state index in [0.717, 1.165) is 12.1 Å². The molecule has 0 aliphatic heterocycles. The number of pyridine rings is 1. The molecule has 1 aromatic carbocycles. The van der Waals surface area contributed by atoms with E-state index in [1.807, 2.05) is 0 Å². The number of aromatic nitrogens is 1. The van der Waals surface area contributed by atoms with Crippen molar-refractivity contribution in [2.45, 2.75) is 18.7 Å². The number of benzene rings is 1. The van der Waals surface area contributed by atoms with Crippen molar-refractivity contribution in [3.63, 3.8) is 0 Å². The van der Waals surface area contributed by atoms with Gasteiger partial charge in [0.25, 0.3) is 0 Å². The van der Waals surface area contributed by atoms with Crippen LogP contribution in [-0.2, 0) is 12.6 Å². The van der Waals surface area contributed by atoms with Gasteiger partial charge in [-0.05, 0) is 23.3 Å². The number of aliphatic hydroxyl groups excluding tert-OH is 1. The Morgan fingerprint density at radius 2 is 2.00 bits per heavy atom. The molecule has 0 amide bonds. The summed E-state index contributed by atoms with van der Waals surface area (Å²) >= 11 is 0. The van der Waals surface area contributed by atoms with Crippen molar-refractivity contribution in [2.75, 3.05) is 7.11 Å². The molecule has 1 atom stereocenters. The number of hydrogen-bond donors (Lipinski definition) is 1. The van der Waals surface area contributed by atoms with E-state index in [4.69, 9.17) is 4.74 Å². The molecular weight excluding hydrogens is 283 g/mol. The fourth-order valence-electron chi connectivity index (χ4n) is 1.92. The highest BCUT2D eigenvalue weighted by Gasteiger charge is 2.30. The summed E-state index contributed by atoms with van der Waals surface area (Å²) < 4.78 is 42.8. The van der Waals surface area contributed by atoms with Gasteiger partial charge in [0, 0.05) is 18.7 Å². The van der Waals surface area contributed by atoms with Gasteiger partial charge in [-0.25, -0.2) is 4.98 Å². The van der Waals surface area contributed by atoms with Gasteiger partial charge in [-0.2, -0.15) is 13.2 Å². The monoisotopic (exact) mass is 297 g/mol. The maximum atomic E-state index is 12.6. The van der Waals surface area contributed by atoms with E-state index in [1.54, 1.807) is 12.1 Å². The van der Waals surface area contributed by atoms with Crippen LogP contribution in [0.5, 0.6) is 5.88 Å². The van der Waals surface area contributed by atoms with Gasteiger partial charge in [-0.15, -0.1) is 0 Å². The Labute approximate surface area is 120 Å². The largest absolute Gasteiger partial charge is 0.481 e. The Morgan fingerprint density at radius 3 is 2.57 bits per heavy atom. The third kappa shape index (κ3) is 3.95. The normalized spacial score (nSPS) is 13.0. The van der Waals surface area contributed by atoms with E-state index in [0.29, 0.717) is 11.4 Å². The summed E-state index contributed by atoms with van der Waals surface area (Å²) in [4.78, 5) is 3.99. The average Bonchev–Trinajstić information content (AvgIpc) is 2.47. The minimum Gasteiger partial charge on any atom is -0.481 e. The zero-order valence-corrected chi connectivity index (χ0v) is 11.3. The first-order chi connectivity index (χ1) is 9.90. The number of aliphatic hydroxyl groups is 1. The first-order valence-corrected chi connectivity index (χ1v) is 6.24. The first-order valence-electron chi connectivity index (χ1n) is 6.24. The number of hydrogen-bond acceptors (Lipinski definition) is 3. The van der Waals surface area contributed by atoms with Gasteiger partial charge < -0.3 is 9.84 Å². The first kappa shape index (κ1) is 15.3. The Balaban J connectivity index is 2.14. The number of methoxy groups -OCH3 is 1. The molecule has 21 heavy (non-hydrogen) atoms. The van der Waals surface area contributed by atoms with Crippen LogP contribution < -0.4 is 4.74 Å². The molecule has 112 valence electrons. The highest BCUT2D eigenvalue weighted by molar-refractivity contribution is 5.28. The van der Waals surface area contributed by atoms with E-state index in [2.05, 4.69) is 4.98 Å². The van der Waals surface area contributed by atoms with Crippen molar-refractivity contribution in [3.8, 4) is 5.88 Å². The molecule has 1 aromatic heterocycles. The van der Waals surface area contributed by atoms with E-state index >= 15 is 0 Å². The van der Waals surface area contributed by atoms with Crippen LogP contribution in [-0.4, -0.2) is 17.2 Å². The zero-order valence-electron chi connectivity index (χ0n) is 11.3. The summed E-state index contributed by atoms with van der Waals surface area (Å²) in [7, 11) is 1.49. The summed E-state index contributed by atoms with van der Waals surface area (Å²) in [6.45, 7) is 0. The predicted octanol–water partition coefficient (Wildman–Crippen LogP) is 3.39. The van der Waals surface area contributed by atoms with Crippen molar-refractivity contribution in [3.05, 3.63) is 59.3 Å². The van der Waals surface area contributed by atoms with E-state index in [9.17, 15) is 18.3 Å². The lowest BCUT2D eigenvalue weighted by Gasteiger charge is -2.14. The van der Waals surface area contributed by atoms with Crippen LogP contribution in [0.4, 0.5) is 13.2 Å². The van der Waals surface area contributed by atoms with Gasteiger partial charge in [0.1, 0.15) is 0 Å². The van der Waals surface area contributed by atoms with Gasteiger partial charge in [-0.3, -0.25) is 0 Å². The van der Waals surface area contributed by atoms with Crippen LogP contribution in [0, 0.1) is 0 Å². The molecule has 0 spiro atoms. The predicted molar refractivity (Wildman–Crippen MR) is 70.9 cm³/mol. The molecule has 1 unspecified atom stereocenters. The van der Waals surface area contributed by atoms with E-state index in [1.165, 1.54) is 25.4 Å². The standard InChI is InChI=1S/C15H14F3NO2/c1-21-14-6-5-10(9-19-14)7-13(20)11-3-2-4-12(8-11)15(16,17)18/h2-6,8-9,13,20H,7H2,1H3. The fourth-order valence-corrected chi connectivity index (χ4v) is 1.92. The topological polar surface area (TPSA) is 42.4 Å². The van der Waals surface area contributed by atoms with Gasteiger partial charge in [0.05, 0.1) is 18.8 Å². The van der Waals surface area contributed by atoms with Crippen LogP contribution in [0.25, 0.3) is 0 Å². The Morgan fingerprint density at radius 1 is 1.24 bits per heavy atom. The van der Waals surface area contributed by atoms with Crippen LogP contribution >= 0.6 is 0 Å². The van der Waals surface area contributed by atoms with Crippen molar-refractivity contribution in [1.29, 1.82) is 0 Å². The van der Waals surface area contributed by atoms with Gasteiger partial charge in [-0.1, -0.05) is 18.2 Å². The minimum absolute atomic E-state index is 0.179. The maximum absolute atomic E-state index is 12.6. The third-order valence-electron chi connectivity index (χ3n) is 3.03. The minimum atomic E-state index is -4.42. The van der Waals surface area contributed by atoms with Gasteiger partial charge in [0.2, 0.25) is 5.88 Å². The summed E-state index contributed by atoms with van der Waals surface area (Å²) in [6.07, 6.45) is -3.74. The third-order valence-corrected chi connectivity index (χ3v) is 3.03. The highest BCUT2D eigenvalue weighted by atomic mass is 19.4. The summed E-state index contributed by atoms with van der Waals surface area (Å²) in [6, 6.07) is 8.04. The van der Waals surface area contributed by atoms with Crippen LogP contribution in [0.15, 0.2) is 42.6 Å². The van der Waals surface area contributed by atoms with Crippen LogP contribution in [0.3, 0.4) is 0 Å². The number of nitrogens with zero attached hydrogens (tertiary/aromatic N) is 1. The Kier molecular flexibility index (Phi) is 4.47. The molecule has 3 nitrogen and oxygen atoms in total. The molecule has 2 aromatic rings. The SMILES string of the molecule is COc1ccc(CC(O)c2cccc(C(F)(F)F)c2)cn1. The molecule has 0 aliphatic rings. The maximum Gasteiger partial charge on any atom is 0.416 e. The van der Waals surface area contributed by atoms with Crippen molar-refractivity contribution in [1.82, 2.24) is 4.98 Å². The lowest BCUT2D eigenvalue weighted by molar-refractivity contribution is -0.137. The Bertz CT molecular complexity index is 597. The second-order valence-corrected chi connectivity index (χ2v) is 4.55. The fraction of sp³-hybridized carbons (Fsp3) is 0.267. The molecule has 0 aliphatic carbocycles. The van der Waals surface area contributed by atoms with Crippen LogP contribution in [0.1, 0.15) is 22.8 Å². The second-order valence-electron chi connectivity index (χ2n) is 4.55. The van der Waals surface area contributed by atoms with Crippen molar-refractivity contribution < 1.29 is 23.0 Å². The van der Waals surface area contributed by atoms with Crippen molar-refractivity contribution >= 4 is 0 Å². The zero-order chi connectivity index (χ0) is 15.5. The average molecular weight is 297 g/mol. The number of halogens is 3. The molecule has 0 bridgehead atoms. The highest BCUT2D eigenvalue weighted by Crippen LogP contribution is 2.31. The smallest absolute Gasteiger partial charge is 0.416 e. The molecule has 0 fully saturated rings. The lowest BCUT2D eigenvalue weighted by atomic mass is 10.0. The van der Waals surface area contributed by atoms with Gasteiger partial charge in [0.15, 0.2) is 0 Å². The van der Waals surface area contributed by atoms with Gasteiger partial charge >= 0.3 is 6.18 Å².